The minimum Gasteiger partial charge on any atom is -0.454 e. The number of aromatic nitrogens is 1. The van der Waals surface area contributed by atoms with E-state index in [0.29, 0.717) is 28.7 Å². The molecule has 1 aromatic carbocycles. The van der Waals surface area contributed by atoms with Crippen molar-refractivity contribution in [3.05, 3.63) is 40.5 Å². The number of aliphatic hydroxyl groups is 1. The second-order valence-corrected chi connectivity index (χ2v) is 4.81. The van der Waals surface area contributed by atoms with Crippen LogP contribution in [0.4, 0.5) is 0 Å². The number of benzene rings is 1. The summed E-state index contributed by atoms with van der Waals surface area (Å²) < 4.78 is 16.9. The molecular weight excluding hydrogens is 314 g/mol. The van der Waals surface area contributed by atoms with Crippen molar-refractivity contribution in [2.75, 3.05) is 6.79 Å². The maximum Gasteiger partial charge on any atom is 0.231 e. The number of pyridine rings is 1. The average molecular weight is 324 g/mol. The van der Waals surface area contributed by atoms with Crippen molar-refractivity contribution in [3.8, 4) is 23.1 Å². The monoisotopic (exact) mass is 323 g/mol. The molecule has 98 valence electrons. The summed E-state index contributed by atoms with van der Waals surface area (Å²) in [6.07, 6.45) is 1.61. The van der Waals surface area contributed by atoms with Gasteiger partial charge in [-0.2, -0.15) is 0 Å². The molecule has 0 amide bonds. The molecule has 0 spiro atoms. The van der Waals surface area contributed by atoms with Gasteiger partial charge < -0.3 is 19.3 Å². The molecule has 5 nitrogen and oxygen atoms in total. The van der Waals surface area contributed by atoms with Crippen LogP contribution in [-0.4, -0.2) is 16.9 Å². The normalized spacial score (nSPS) is 12.5. The van der Waals surface area contributed by atoms with E-state index in [4.69, 9.17) is 14.2 Å². The minimum absolute atomic E-state index is 0.147. The van der Waals surface area contributed by atoms with Gasteiger partial charge in [0.05, 0.1) is 6.61 Å². The molecule has 2 aromatic rings. The molecule has 0 fully saturated rings. The number of halogens is 1. The summed E-state index contributed by atoms with van der Waals surface area (Å²) in [5.74, 6) is 2.27. The zero-order valence-corrected chi connectivity index (χ0v) is 11.4. The molecule has 0 aliphatic carbocycles. The number of nitrogens with zero attached hydrogens (tertiary/aromatic N) is 1. The van der Waals surface area contributed by atoms with Gasteiger partial charge in [-0.25, -0.2) is 4.98 Å². The Morgan fingerprint density at radius 1 is 1.26 bits per heavy atom. The summed E-state index contributed by atoms with van der Waals surface area (Å²) in [7, 11) is 0. The molecule has 1 aliphatic rings. The standard InChI is InChI=1S/C13H10BrNO4/c14-9-3-8(6-16)13(15-5-9)19-10-1-2-11-12(4-10)18-7-17-11/h1-5,16H,6-7H2. The third-order valence-corrected chi connectivity index (χ3v) is 3.05. The Balaban J connectivity index is 1.89. The largest absolute Gasteiger partial charge is 0.454 e. The lowest BCUT2D eigenvalue weighted by Crippen LogP contribution is -1.95. The van der Waals surface area contributed by atoms with Gasteiger partial charge in [0.15, 0.2) is 11.5 Å². The SMILES string of the molecule is OCc1cc(Br)cnc1Oc1ccc2c(c1)OCO2. The third-order valence-electron chi connectivity index (χ3n) is 2.62. The van der Waals surface area contributed by atoms with Crippen molar-refractivity contribution < 1.29 is 19.3 Å². The van der Waals surface area contributed by atoms with E-state index in [1.54, 1.807) is 30.5 Å². The molecule has 0 saturated heterocycles. The Kier molecular flexibility index (Phi) is 3.27. The van der Waals surface area contributed by atoms with Gasteiger partial charge in [0.1, 0.15) is 5.75 Å². The number of aliphatic hydroxyl groups excluding tert-OH is 1. The van der Waals surface area contributed by atoms with Crippen LogP contribution < -0.4 is 14.2 Å². The molecule has 1 aliphatic heterocycles. The van der Waals surface area contributed by atoms with Crippen LogP contribution in [0.2, 0.25) is 0 Å². The first-order valence-electron chi connectivity index (χ1n) is 5.59. The van der Waals surface area contributed by atoms with Crippen molar-refractivity contribution in [1.29, 1.82) is 0 Å². The summed E-state index contributed by atoms with van der Waals surface area (Å²) in [6.45, 7) is 0.0730. The molecule has 0 unspecified atom stereocenters. The number of rotatable bonds is 3. The highest BCUT2D eigenvalue weighted by Crippen LogP contribution is 2.36. The van der Waals surface area contributed by atoms with E-state index in [1.807, 2.05) is 0 Å². The maximum atomic E-state index is 9.29. The van der Waals surface area contributed by atoms with Crippen molar-refractivity contribution >= 4 is 15.9 Å². The van der Waals surface area contributed by atoms with Crippen LogP contribution in [0.15, 0.2) is 34.9 Å². The Morgan fingerprint density at radius 3 is 2.95 bits per heavy atom. The van der Waals surface area contributed by atoms with Gasteiger partial charge in [-0.15, -0.1) is 0 Å². The van der Waals surface area contributed by atoms with Crippen molar-refractivity contribution in [2.24, 2.45) is 0 Å². The zero-order chi connectivity index (χ0) is 13.2. The average Bonchev–Trinajstić information content (AvgIpc) is 2.88. The van der Waals surface area contributed by atoms with E-state index in [2.05, 4.69) is 20.9 Å². The molecule has 0 bridgehead atoms. The first-order valence-corrected chi connectivity index (χ1v) is 6.38. The van der Waals surface area contributed by atoms with Crippen molar-refractivity contribution in [1.82, 2.24) is 4.98 Å². The van der Waals surface area contributed by atoms with Crippen LogP contribution >= 0.6 is 15.9 Å². The van der Waals surface area contributed by atoms with Gasteiger partial charge in [0.2, 0.25) is 12.7 Å². The zero-order valence-electron chi connectivity index (χ0n) is 9.80. The predicted molar refractivity (Wildman–Crippen MR) is 70.5 cm³/mol. The molecular formula is C13H10BrNO4. The quantitative estimate of drug-likeness (QED) is 0.941. The van der Waals surface area contributed by atoms with Crippen LogP contribution in [0.1, 0.15) is 5.56 Å². The number of hydrogen-bond donors (Lipinski definition) is 1. The van der Waals surface area contributed by atoms with Crippen molar-refractivity contribution in [2.45, 2.75) is 6.61 Å². The number of fused-ring (bicyclic) bond motifs is 1. The topological polar surface area (TPSA) is 60.8 Å². The van der Waals surface area contributed by atoms with Crippen LogP contribution in [0.5, 0.6) is 23.1 Å². The highest BCUT2D eigenvalue weighted by atomic mass is 79.9. The van der Waals surface area contributed by atoms with Gasteiger partial charge >= 0.3 is 0 Å². The molecule has 6 heteroatoms. The van der Waals surface area contributed by atoms with Gasteiger partial charge in [-0.05, 0) is 34.1 Å². The maximum absolute atomic E-state index is 9.29. The first-order chi connectivity index (χ1) is 9.26. The highest BCUT2D eigenvalue weighted by molar-refractivity contribution is 9.10. The highest BCUT2D eigenvalue weighted by Gasteiger charge is 2.15. The summed E-state index contributed by atoms with van der Waals surface area (Å²) in [6, 6.07) is 7.02. The summed E-state index contributed by atoms with van der Waals surface area (Å²) in [5.41, 5.74) is 0.604. The lowest BCUT2D eigenvalue weighted by Gasteiger charge is -2.09. The number of hydrogen-bond acceptors (Lipinski definition) is 5. The van der Waals surface area contributed by atoms with Crippen LogP contribution in [-0.2, 0) is 6.61 Å². The van der Waals surface area contributed by atoms with E-state index in [-0.39, 0.29) is 13.4 Å². The molecule has 0 radical (unpaired) electrons. The Hall–Kier alpha value is -1.79. The molecule has 0 saturated carbocycles. The van der Waals surface area contributed by atoms with Crippen LogP contribution in [0.3, 0.4) is 0 Å². The van der Waals surface area contributed by atoms with Gasteiger partial charge in [-0.1, -0.05) is 0 Å². The molecule has 1 N–H and O–H groups in total. The van der Waals surface area contributed by atoms with E-state index < -0.39 is 0 Å². The molecule has 1 aromatic heterocycles. The Labute approximate surface area is 117 Å². The van der Waals surface area contributed by atoms with Gasteiger partial charge in [0.25, 0.3) is 0 Å². The fraction of sp³-hybridized carbons (Fsp3) is 0.154. The smallest absolute Gasteiger partial charge is 0.231 e. The van der Waals surface area contributed by atoms with E-state index in [1.165, 1.54) is 0 Å². The molecule has 0 atom stereocenters. The minimum atomic E-state index is -0.147. The van der Waals surface area contributed by atoms with Gasteiger partial charge in [0, 0.05) is 22.3 Å². The molecule has 19 heavy (non-hydrogen) atoms. The fourth-order valence-corrected chi connectivity index (χ4v) is 2.10. The first kappa shape index (κ1) is 12.3. The van der Waals surface area contributed by atoms with E-state index in [0.717, 1.165) is 4.47 Å². The molecule has 3 rings (SSSR count). The number of ether oxygens (including phenoxy) is 3. The summed E-state index contributed by atoms with van der Waals surface area (Å²) in [4.78, 5) is 4.14. The summed E-state index contributed by atoms with van der Waals surface area (Å²) in [5, 5.41) is 9.29. The third kappa shape index (κ3) is 2.50. The Morgan fingerprint density at radius 2 is 2.11 bits per heavy atom. The summed E-state index contributed by atoms with van der Waals surface area (Å²) >= 11 is 3.30. The van der Waals surface area contributed by atoms with E-state index in [9.17, 15) is 5.11 Å². The van der Waals surface area contributed by atoms with Crippen LogP contribution in [0, 0.1) is 0 Å². The Bertz CT molecular complexity index is 618. The predicted octanol–water partition coefficient (Wildman–Crippen LogP) is 2.86. The van der Waals surface area contributed by atoms with Crippen molar-refractivity contribution in [3.63, 3.8) is 0 Å². The lowest BCUT2D eigenvalue weighted by molar-refractivity contribution is 0.174. The molecule has 2 heterocycles. The fourth-order valence-electron chi connectivity index (χ4n) is 1.73. The van der Waals surface area contributed by atoms with Gasteiger partial charge in [-0.3, -0.25) is 0 Å². The van der Waals surface area contributed by atoms with E-state index >= 15 is 0 Å². The van der Waals surface area contributed by atoms with Crippen LogP contribution in [0.25, 0.3) is 0 Å². The second-order valence-electron chi connectivity index (χ2n) is 3.89. The lowest BCUT2D eigenvalue weighted by atomic mass is 10.3. The second kappa shape index (κ2) is 5.07.